The predicted octanol–water partition coefficient (Wildman–Crippen LogP) is 3.69. The van der Waals surface area contributed by atoms with E-state index in [9.17, 15) is 13.2 Å². The molecule has 7 nitrogen and oxygen atoms in total. The fourth-order valence-electron chi connectivity index (χ4n) is 5.70. The van der Waals surface area contributed by atoms with Crippen molar-refractivity contribution in [1.29, 1.82) is 0 Å². The van der Waals surface area contributed by atoms with Gasteiger partial charge in [-0.25, -0.2) is 13.1 Å². The molecule has 0 spiro atoms. The molecule has 4 fully saturated rings. The first-order valence-electron chi connectivity index (χ1n) is 9.75. The minimum Gasteiger partial charge on any atom is -0.296 e. The van der Waals surface area contributed by atoms with E-state index in [1.807, 2.05) is 0 Å². The summed E-state index contributed by atoms with van der Waals surface area (Å²) < 4.78 is 28.8. The highest BCUT2D eigenvalue weighted by molar-refractivity contribution is 7.91. The van der Waals surface area contributed by atoms with Crippen LogP contribution in [0.4, 0.5) is 5.13 Å². The normalized spacial score (nSPS) is 30.4. The van der Waals surface area contributed by atoms with Gasteiger partial charge in [0, 0.05) is 16.1 Å². The summed E-state index contributed by atoms with van der Waals surface area (Å²) in [6.07, 6.45) is 6.45. The molecule has 0 radical (unpaired) electrons. The van der Waals surface area contributed by atoms with E-state index in [-0.39, 0.29) is 15.0 Å². The van der Waals surface area contributed by atoms with Gasteiger partial charge >= 0.3 is 0 Å². The maximum Gasteiger partial charge on any atom is 0.270 e. The number of hydrogen-bond donors (Lipinski definition) is 2. The van der Waals surface area contributed by atoms with Crippen molar-refractivity contribution < 1.29 is 13.2 Å². The van der Waals surface area contributed by atoms with Crippen molar-refractivity contribution in [2.75, 3.05) is 5.32 Å². The molecule has 0 atom stereocenters. The molecule has 154 valence electrons. The van der Waals surface area contributed by atoms with E-state index in [2.05, 4.69) is 20.2 Å². The minimum atomic E-state index is -3.78. The van der Waals surface area contributed by atoms with Crippen LogP contribution in [0.2, 0.25) is 5.02 Å². The number of halogens is 1. The molecule has 0 aliphatic heterocycles. The van der Waals surface area contributed by atoms with Crippen LogP contribution < -0.4 is 10.0 Å². The molecule has 2 N–H and O–H groups in total. The molecule has 4 aliphatic rings. The summed E-state index contributed by atoms with van der Waals surface area (Å²) >= 11 is 6.70. The Labute approximate surface area is 178 Å². The van der Waals surface area contributed by atoms with Crippen LogP contribution in [-0.4, -0.2) is 30.1 Å². The lowest BCUT2D eigenvalue weighted by atomic mass is 9.53. The van der Waals surface area contributed by atoms with Crippen LogP contribution in [0, 0.1) is 17.8 Å². The second-order valence-corrected chi connectivity index (χ2v) is 11.9. The first kappa shape index (κ1) is 19.4. The van der Waals surface area contributed by atoms with Crippen LogP contribution in [0.15, 0.2) is 28.6 Å². The molecular weight excluding hydrogens is 432 g/mol. The standard InChI is InChI=1S/C19H21ClN4O3S2/c20-15-3-1-14(2-4-15)16(25)21-17-22-23-18(28-17)29(26,27)24-19-8-11-5-12(9-19)7-13(6-11)10-19/h1-4,11-13,24H,5-10H2,(H,21,22,25). The summed E-state index contributed by atoms with van der Waals surface area (Å²) in [6, 6.07) is 6.40. The quantitative estimate of drug-likeness (QED) is 0.673. The van der Waals surface area contributed by atoms with E-state index < -0.39 is 15.9 Å². The fourth-order valence-corrected chi connectivity index (χ4v) is 8.16. The summed E-state index contributed by atoms with van der Waals surface area (Å²) in [5.41, 5.74) is 0.0621. The monoisotopic (exact) mass is 452 g/mol. The van der Waals surface area contributed by atoms with Crippen LogP contribution >= 0.6 is 22.9 Å². The molecule has 1 amide bonds. The van der Waals surface area contributed by atoms with Gasteiger partial charge in [-0.1, -0.05) is 22.9 Å². The maximum atomic E-state index is 13.0. The van der Waals surface area contributed by atoms with Crippen molar-refractivity contribution >= 4 is 44.0 Å². The van der Waals surface area contributed by atoms with Crippen molar-refractivity contribution in [2.45, 2.75) is 48.4 Å². The van der Waals surface area contributed by atoms with Gasteiger partial charge in [-0.2, -0.15) is 0 Å². The predicted molar refractivity (Wildman–Crippen MR) is 111 cm³/mol. The second kappa shape index (κ2) is 7.01. The van der Waals surface area contributed by atoms with Gasteiger partial charge in [0.1, 0.15) is 0 Å². The van der Waals surface area contributed by atoms with Crippen LogP contribution in [0.25, 0.3) is 0 Å². The summed E-state index contributed by atoms with van der Waals surface area (Å²) in [6.45, 7) is 0. The number of carbonyl (C=O) groups excluding carboxylic acids is 1. The Balaban J connectivity index is 1.30. The van der Waals surface area contributed by atoms with Crippen LogP contribution in [-0.2, 0) is 10.0 Å². The van der Waals surface area contributed by atoms with Gasteiger partial charge in [0.2, 0.25) is 9.47 Å². The second-order valence-electron chi connectivity index (χ2n) is 8.64. The van der Waals surface area contributed by atoms with Crippen molar-refractivity contribution in [3.8, 4) is 0 Å². The number of sulfonamides is 1. The number of anilines is 1. The molecule has 2 aromatic rings. The number of hydrogen-bond acceptors (Lipinski definition) is 6. The van der Waals surface area contributed by atoms with Gasteiger partial charge in [-0.05, 0) is 80.5 Å². The van der Waals surface area contributed by atoms with E-state index in [1.165, 1.54) is 19.3 Å². The van der Waals surface area contributed by atoms with E-state index in [1.54, 1.807) is 24.3 Å². The molecule has 1 aromatic heterocycles. The molecule has 4 saturated carbocycles. The smallest absolute Gasteiger partial charge is 0.270 e. The number of nitrogens with one attached hydrogen (secondary N) is 2. The van der Waals surface area contributed by atoms with Crippen molar-refractivity contribution in [1.82, 2.24) is 14.9 Å². The van der Waals surface area contributed by atoms with Gasteiger partial charge < -0.3 is 0 Å². The third-order valence-electron chi connectivity index (χ3n) is 6.35. The summed E-state index contributed by atoms with van der Waals surface area (Å²) in [7, 11) is -3.78. The van der Waals surface area contributed by atoms with Gasteiger partial charge in [0.15, 0.2) is 0 Å². The summed E-state index contributed by atoms with van der Waals surface area (Å²) in [4.78, 5) is 12.3. The third-order valence-corrected chi connectivity index (χ3v) is 9.39. The van der Waals surface area contributed by atoms with E-state index in [0.29, 0.717) is 28.3 Å². The van der Waals surface area contributed by atoms with Crippen molar-refractivity contribution in [3.05, 3.63) is 34.9 Å². The zero-order valence-corrected chi connectivity index (χ0v) is 18.0. The van der Waals surface area contributed by atoms with Gasteiger partial charge in [0.25, 0.3) is 15.9 Å². The lowest BCUT2D eigenvalue weighted by Gasteiger charge is -2.56. The highest BCUT2D eigenvalue weighted by Gasteiger charge is 2.52. The fraction of sp³-hybridized carbons (Fsp3) is 0.526. The van der Waals surface area contributed by atoms with Crippen molar-refractivity contribution in [2.24, 2.45) is 17.8 Å². The molecule has 29 heavy (non-hydrogen) atoms. The SMILES string of the molecule is O=C(Nc1nnc(S(=O)(=O)NC23CC4CC(CC(C4)C2)C3)s1)c1ccc(Cl)cc1. The molecule has 6 rings (SSSR count). The lowest BCUT2D eigenvalue weighted by Crippen LogP contribution is -2.59. The van der Waals surface area contributed by atoms with Crippen LogP contribution in [0.5, 0.6) is 0 Å². The molecule has 0 unspecified atom stereocenters. The average molecular weight is 453 g/mol. The lowest BCUT2D eigenvalue weighted by molar-refractivity contribution is -0.00811. The van der Waals surface area contributed by atoms with E-state index in [4.69, 9.17) is 11.6 Å². The van der Waals surface area contributed by atoms with E-state index >= 15 is 0 Å². The molecule has 10 heteroatoms. The van der Waals surface area contributed by atoms with Gasteiger partial charge in [-0.15, -0.1) is 10.2 Å². The van der Waals surface area contributed by atoms with Crippen molar-refractivity contribution in [3.63, 3.8) is 0 Å². The Bertz CT molecular complexity index is 1020. The Hall–Kier alpha value is -1.55. The Kier molecular flexibility index (Phi) is 4.69. The maximum absolute atomic E-state index is 13.0. The summed E-state index contributed by atoms with van der Waals surface area (Å²) in [5, 5.41) is 11.0. The Morgan fingerprint density at radius 1 is 1.03 bits per heavy atom. The Morgan fingerprint density at radius 2 is 1.62 bits per heavy atom. The highest BCUT2D eigenvalue weighted by Crippen LogP contribution is 2.56. The molecule has 0 saturated heterocycles. The number of aromatic nitrogens is 2. The average Bonchev–Trinajstić information content (AvgIpc) is 3.09. The molecular formula is C19H21ClN4O3S2. The Morgan fingerprint density at radius 3 is 2.21 bits per heavy atom. The topological polar surface area (TPSA) is 101 Å². The first-order valence-corrected chi connectivity index (χ1v) is 12.4. The summed E-state index contributed by atoms with van der Waals surface area (Å²) in [5.74, 6) is 1.50. The van der Waals surface area contributed by atoms with Crippen LogP contribution in [0.3, 0.4) is 0 Å². The number of carbonyl (C=O) groups is 1. The van der Waals surface area contributed by atoms with Crippen LogP contribution in [0.1, 0.15) is 48.9 Å². The number of rotatable bonds is 5. The third kappa shape index (κ3) is 3.81. The van der Waals surface area contributed by atoms with Gasteiger partial charge in [0.05, 0.1) is 0 Å². The van der Waals surface area contributed by atoms with E-state index in [0.717, 1.165) is 30.6 Å². The molecule has 1 heterocycles. The molecule has 1 aromatic carbocycles. The number of nitrogens with zero attached hydrogens (tertiary/aromatic N) is 2. The number of benzene rings is 1. The first-order chi connectivity index (χ1) is 13.8. The largest absolute Gasteiger partial charge is 0.296 e. The highest BCUT2D eigenvalue weighted by atomic mass is 35.5. The number of amides is 1. The van der Waals surface area contributed by atoms with Gasteiger partial charge in [-0.3, -0.25) is 10.1 Å². The zero-order chi connectivity index (χ0) is 20.2. The molecule has 4 aliphatic carbocycles. The molecule has 4 bridgehead atoms. The zero-order valence-electron chi connectivity index (χ0n) is 15.6. The minimum absolute atomic E-state index is 0.111.